The van der Waals surface area contributed by atoms with Crippen LogP contribution in [0, 0.1) is 21.7 Å². The Morgan fingerprint density at radius 1 is 1.13 bits per heavy atom. The van der Waals surface area contributed by atoms with Crippen LogP contribution in [0.5, 0.6) is 5.75 Å². The van der Waals surface area contributed by atoms with Crippen LogP contribution in [0.3, 0.4) is 0 Å². The molecule has 0 radical (unpaired) electrons. The number of ether oxygens (including phenoxy) is 1. The van der Waals surface area contributed by atoms with E-state index in [4.69, 9.17) is 4.74 Å². The molecule has 1 heterocycles. The summed E-state index contributed by atoms with van der Waals surface area (Å²) in [5, 5.41) is 21.0. The van der Waals surface area contributed by atoms with Crippen LogP contribution in [0.4, 0.5) is 14.5 Å². The van der Waals surface area contributed by atoms with E-state index in [0.717, 1.165) is 16.4 Å². The van der Waals surface area contributed by atoms with E-state index in [2.05, 4.69) is 0 Å². The molecule has 1 unspecified atom stereocenters. The SMILES string of the molecule is O=[N+]([O-])c1cccc(OCC(O)CN2CCN(S(=O)(=O)c3cc(F)ccc3F)CC2)c1. The van der Waals surface area contributed by atoms with E-state index in [-0.39, 0.29) is 50.8 Å². The summed E-state index contributed by atoms with van der Waals surface area (Å²) in [6, 6.07) is 7.87. The fourth-order valence-electron chi connectivity index (χ4n) is 3.20. The van der Waals surface area contributed by atoms with Gasteiger partial charge in [-0.1, -0.05) is 6.07 Å². The molecule has 2 aromatic carbocycles. The molecule has 168 valence electrons. The van der Waals surface area contributed by atoms with Gasteiger partial charge in [-0.25, -0.2) is 17.2 Å². The first kappa shape index (κ1) is 23.0. The number of aliphatic hydroxyl groups is 1. The highest BCUT2D eigenvalue weighted by molar-refractivity contribution is 7.89. The lowest BCUT2D eigenvalue weighted by molar-refractivity contribution is -0.384. The number of hydrogen-bond donors (Lipinski definition) is 1. The topological polar surface area (TPSA) is 113 Å². The van der Waals surface area contributed by atoms with E-state index in [1.54, 1.807) is 0 Å². The van der Waals surface area contributed by atoms with Gasteiger partial charge in [-0.2, -0.15) is 4.31 Å². The van der Waals surface area contributed by atoms with Crippen LogP contribution in [0.25, 0.3) is 0 Å². The number of nitro groups is 1. The fourth-order valence-corrected chi connectivity index (χ4v) is 4.69. The van der Waals surface area contributed by atoms with Crippen LogP contribution in [-0.2, 0) is 10.0 Å². The van der Waals surface area contributed by atoms with Gasteiger partial charge in [-0.15, -0.1) is 0 Å². The quantitative estimate of drug-likeness (QED) is 0.473. The lowest BCUT2D eigenvalue weighted by Crippen LogP contribution is -2.50. The van der Waals surface area contributed by atoms with Crippen LogP contribution in [0.1, 0.15) is 0 Å². The summed E-state index contributed by atoms with van der Waals surface area (Å²) in [4.78, 5) is 11.3. The van der Waals surface area contributed by atoms with Crippen LogP contribution in [0.2, 0.25) is 0 Å². The van der Waals surface area contributed by atoms with E-state index in [1.807, 2.05) is 4.90 Å². The largest absolute Gasteiger partial charge is 0.491 e. The predicted molar refractivity (Wildman–Crippen MR) is 106 cm³/mol. The summed E-state index contributed by atoms with van der Waals surface area (Å²) in [5.74, 6) is -1.61. The molecule has 0 aromatic heterocycles. The first-order valence-corrected chi connectivity index (χ1v) is 10.8. The number of halogens is 2. The zero-order valence-corrected chi connectivity index (χ0v) is 17.2. The molecule has 0 aliphatic carbocycles. The van der Waals surface area contributed by atoms with Crippen molar-refractivity contribution in [1.82, 2.24) is 9.21 Å². The molecule has 12 heteroatoms. The molecule has 1 aliphatic heterocycles. The van der Waals surface area contributed by atoms with Crippen LogP contribution < -0.4 is 4.74 Å². The second kappa shape index (κ2) is 9.64. The number of piperazine rings is 1. The second-order valence-corrected chi connectivity index (χ2v) is 8.91. The van der Waals surface area contributed by atoms with Crippen molar-refractivity contribution in [2.45, 2.75) is 11.0 Å². The Kier molecular flexibility index (Phi) is 7.15. The Hall–Kier alpha value is -2.67. The summed E-state index contributed by atoms with van der Waals surface area (Å²) in [6.07, 6.45) is -0.914. The van der Waals surface area contributed by atoms with Gasteiger partial charge in [0.05, 0.1) is 11.0 Å². The van der Waals surface area contributed by atoms with Gasteiger partial charge in [0.2, 0.25) is 10.0 Å². The van der Waals surface area contributed by atoms with E-state index >= 15 is 0 Å². The second-order valence-electron chi connectivity index (χ2n) is 7.00. The Bertz CT molecular complexity index is 1040. The van der Waals surface area contributed by atoms with Crippen LogP contribution >= 0.6 is 0 Å². The normalized spacial score (nSPS) is 16.7. The molecule has 1 N–H and O–H groups in total. The number of hydrogen-bond acceptors (Lipinski definition) is 7. The average Bonchev–Trinajstić information content (AvgIpc) is 2.74. The summed E-state index contributed by atoms with van der Waals surface area (Å²) >= 11 is 0. The van der Waals surface area contributed by atoms with E-state index in [9.17, 15) is 32.4 Å². The Morgan fingerprint density at radius 3 is 2.52 bits per heavy atom. The number of benzene rings is 2. The van der Waals surface area contributed by atoms with Crippen molar-refractivity contribution in [1.29, 1.82) is 0 Å². The highest BCUT2D eigenvalue weighted by atomic mass is 32.2. The number of nitrogens with zero attached hydrogens (tertiary/aromatic N) is 3. The molecule has 3 rings (SSSR count). The van der Waals surface area contributed by atoms with Gasteiger partial charge in [-0.3, -0.25) is 15.0 Å². The van der Waals surface area contributed by atoms with Gasteiger partial charge >= 0.3 is 0 Å². The summed E-state index contributed by atoms with van der Waals surface area (Å²) in [7, 11) is -4.18. The molecule has 1 fully saturated rings. The molecule has 9 nitrogen and oxygen atoms in total. The summed E-state index contributed by atoms with van der Waals surface area (Å²) in [6.45, 7) is 0.757. The number of aliphatic hydroxyl groups excluding tert-OH is 1. The summed E-state index contributed by atoms with van der Waals surface area (Å²) < 4.78 is 59.0. The number of non-ortho nitro benzene ring substituents is 1. The van der Waals surface area contributed by atoms with Crippen molar-refractivity contribution >= 4 is 15.7 Å². The zero-order valence-electron chi connectivity index (χ0n) is 16.4. The predicted octanol–water partition coefficient (Wildman–Crippen LogP) is 1.62. The van der Waals surface area contributed by atoms with E-state index in [1.165, 1.54) is 24.3 Å². The Morgan fingerprint density at radius 2 is 1.84 bits per heavy atom. The van der Waals surface area contributed by atoms with Gasteiger partial charge < -0.3 is 9.84 Å². The third-order valence-electron chi connectivity index (χ3n) is 4.78. The standard InChI is InChI=1S/C19H21F2N3O6S/c20-14-4-5-18(21)19(10-14)31(28,29)23-8-6-22(7-9-23)12-16(25)13-30-17-3-1-2-15(11-17)24(26)27/h1-5,10-11,16,25H,6-9,12-13H2. The molecule has 1 saturated heterocycles. The van der Waals surface area contributed by atoms with Crippen molar-refractivity contribution in [3.05, 3.63) is 64.2 Å². The molecule has 1 atom stereocenters. The first-order valence-electron chi connectivity index (χ1n) is 9.39. The highest BCUT2D eigenvalue weighted by Crippen LogP contribution is 2.22. The van der Waals surface area contributed by atoms with Gasteiger partial charge in [0, 0.05) is 38.8 Å². The van der Waals surface area contributed by atoms with Gasteiger partial charge in [0.15, 0.2) is 0 Å². The van der Waals surface area contributed by atoms with Crippen molar-refractivity contribution in [3.63, 3.8) is 0 Å². The minimum Gasteiger partial charge on any atom is -0.491 e. The average molecular weight is 457 g/mol. The summed E-state index contributed by atoms with van der Waals surface area (Å²) in [5.41, 5.74) is -0.126. The monoisotopic (exact) mass is 457 g/mol. The maximum absolute atomic E-state index is 13.9. The minimum atomic E-state index is -4.18. The molecule has 31 heavy (non-hydrogen) atoms. The third kappa shape index (κ3) is 5.73. The first-order chi connectivity index (χ1) is 14.7. The molecule has 1 aliphatic rings. The van der Waals surface area contributed by atoms with Crippen molar-refractivity contribution in [2.24, 2.45) is 0 Å². The number of β-amino-alcohol motifs (C(OH)–C–C–N with tert-alkyl or cyclic N) is 1. The van der Waals surface area contributed by atoms with Gasteiger partial charge in [0.1, 0.15) is 35.0 Å². The molecular weight excluding hydrogens is 436 g/mol. The lowest BCUT2D eigenvalue weighted by atomic mass is 10.3. The molecule has 0 spiro atoms. The molecule has 0 amide bonds. The fraction of sp³-hybridized carbons (Fsp3) is 0.368. The lowest BCUT2D eigenvalue weighted by Gasteiger charge is -2.34. The zero-order chi connectivity index (χ0) is 22.6. The van der Waals surface area contributed by atoms with Gasteiger partial charge in [-0.05, 0) is 24.3 Å². The highest BCUT2D eigenvalue weighted by Gasteiger charge is 2.31. The maximum atomic E-state index is 13.9. The number of nitro benzene ring substituents is 1. The van der Waals surface area contributed by atoms with Crippen molar-refractivity contribution in [2.75, 3.05) is 39.3 Å². The molecule has 0 bridgehead atoms. The Balaban J connectivity index is 1.51. The number of sulfonamides is 1. The molecule has 0 saturated carbocycles. The number of rotatable bonds is 8. The maximum Gasteiger partial charge on any atom is 0.273 e. The van der Waals surface area contributed by atoms with Gasteiger partial charge in [0.25, 0.3) is 5.69 Å². The van der Waals surface area contributed by atoms with E-state index < -0.39 is 37.6 Å². The van der Waals surface area contributed by atoms with Crippen molar-refractivity contribution in [3.8, 4) is 5.75 Å². The smallest absolute Gasteiger partial charge is 0.273 e. The molecular formula is C19H21F2N3O6S. The van der Waals surface area contributed by atoms with Crippen LogP contribution in [-0.4, -0.2) is 73.1 Å². The van der Waals surface area contributed by atoms with Crippen LogP contribution in [0.15, 0.2) is 47.4 Å². The molecule has 2 aromatic rings. The van der Waals surface area contributed by atoms with Crippen molar-refractivity contribution < 1.29 is 32.0 Å². The Labute approximate surface area is 177 Å². The van der Waals surface area contributed by atoms with E-state index in [0.29, 0.717) is 6.07 Å². The third-order valence-corrected chi connectivity index (χ3v) is 6.70. The minimum absolute atomic E-state index is 0.0523.